The topological polar surface area (TPSA) is 78.6 Å². The molecule has 0 fully saturated rings. The Kier molecular flexibility index (Phi) is 4.46. The van der Waals surface area contributed by atoms with Gasteiger partial charge < -0.3 is 14.9 Å². The van der Waals surface area contributed by atoms with Crippen molar-refractivity contribution in [1.82, 2.24) is 14.6 Å². The number of furan rings is 1. The maximum absolute atomic E-state index is 6.22. The summed E-state index contributed by atoms with van der Waals surface area (Å²) in [5.74, 6) is 1.21. The number of imidazole rings is 1. The zero-order chi connectivity index (χ0) is 19.6. The molecule has 0 amide bonds. The summed E-state index contributed by atoms with van der Waals surface area (Å²) in [5, 5.41) is 5.62. The summed E-state index contributed by atoms with van der Waals surface area (Å²) in [6, 6.07) is 23.6. The van der Waals surface area contributed by atoms with Gasteiger partial charge >= 0.3 is 0 Å². The Balaban J connectivity index is 1.36. The van der Waals surface area contributed by atoms with Crippen molar-refractivity contribution in [3.05, 3.63) is 84.6 Å². The molecular weight excluding hydrogens is 364 g/mol. The molecule has 0 bridgehead atoms. The van der Waals surface area contributed by atoms with E-state index in [-0.39, 0.29) is 6.04 Å². The van der Waals surface area contributed by atoms with Gasteiger partial charge in [-0.05, 0) is 30.2 Å². The second kappa shape index (κ2) is 7.41. The van der Waals surface area contributed by atoms with E-state index in [0.717, 1.165) is 28.7 Å². The van der Waals surface area contributed by atoms with E-state index in [1.165, 1.54) is 5.56 Å². The highest BCUT2D eigenvalue weighted by Gasteiger charge is 2.13. The van der Waals surface area contributed by atoms with Crippen molar-refractivity contribution in [2.45, 2.75) is 12.5 Å². The molecule has 0 saturated heterocycles. The van der Waals surface area contributed by atoms with Crippen LogP contribution in [-0.2, 0) is 6.42 Å². The third kappa shape index (κ3) is 3.58. The van der Waals surface area contributed by atoms with E-state index in [4.69, 9.17) is 14.9 Å². The summed E-state index contributed by atoms with van der Waals surface area (Å²) in [5.41, 5.74) is 9.74. The second-order valence-electron chi connectivity index (χ2n) is 6.99. The molecule has 0 aliphatic rings. The lowest BCUT2D eigenvalue weighted by molar-refractivity contribution is 0.273. The Labute approximate surface area is 167 Å². The normalized spacial score (nSPS) is 12.4. The van der Waals surface area contributed by atoms with Gasteiger partial charge in [-0.2, -0.15) is 0 Å². The predicted molar refractivity (Wildman–Crippen MR) is 112 cm³/mol. The van der Waals surface area contributed by atoms with Crippen LogP contribution in [0.3, 0.4) is 0 Å². The molecule has 0 unspecified atom stereocenters. The monoisotopic (exact) mass is 384 g/mol. The number of nitrogens with zero attached hydrogens (tertiary/aromatic N) is 3. The van der Waals surface area contributed by atoms with Crippen LogP contribution in [0.5, 0.6) is 5.88 Å². The number of hydrogen-bond donors (Lipinski definition) is 1. The molecule has 0 saturated carbocycles. The molecule has 6 nitrogen and oxygen atoms in total. The number of hydrogen-bond acceptors (Lipinski definition) is 5. The van der Waals surface area contributed by atoms with Crippen molar-refractivity contribution in [1.29, 1.82) is 0 Å². The van der Waals surface area contributed by atoms with Crippen molar-refractivity contribution in [3.63, 3.8) is 0 Å². The molecule has 29 heavy (non-hydrogen) atoms. The molecule has 5 aromatic rings. The van der Waals surface area contributed by atoms with Crippen molar-refractivity contribution in [2.75, 3.05) is 6.61 Å². The highest BCUT2D eigenvalue weighted by molar-refractivity contribution is 5.82. The number of para-hydroxylation sites is 1. The second-order valence-corrected chi connectivity index (χ2v) is 6.99. The van der Waals surface area contributed by atoms with Crippen LogP contribution >= 0.6 is 0 Å². The molecule has 0 aliphatic heterocycles. The van der Waals surface area contributed by atoms with E-state index in [0.29, 0.717) is 18.2 Å². The minimum atomic E-state index is -0.118. The maximum atomic E-state index is 6.22. The van der Waals surface area contributed by atoms with Crippen LogP contribution in [0.4, 0.5) is 0 Å². The van der Waals surface area contributed by atoms with E-state index in [9.17, 15) is 0 Å². The summed E-state index contributed by atoms with van der Waals surface area (Å²) in [7, 11) is 0. The summed E-state index contributed by atoms with van der Waals surface area (Å²) in [6.45, 7) is 0.377. The highest BCUT2D eigenvalue weighted by Crippen LogP contribution is 2.28. The van der Waals surface area contributed by atoms with Gasteiger partial charge in [-0.1, -0.05) is 48.5 Å². The summed E-state index contributed by atoms with van der Waals surface area (Å²) >= 11 is 0. The van der Waals surface area contributed by atoms with E-state index in [1.807, 2.05) is 54.6 Å². The van der Waals surface area contributed by atoms with E-state index < -0.39 is 0 Å². The van der Waals surface area contributed by atoms with Gasteiger partial charge in [0.1, 0.15) is 17.9 Å². The minimum Gasteiger partial charge on any atom is -0.475 e. The van der Waals surface area contributed by atoms with Crippen LogP contribution < -0.4 is 10.5 Å². The van der Waals surface area contributed by atoms with E-state index in [1.54, 1.807) is 16.8 Å². The number of aromatic nitrogens is 3. The number of nitrogens with two attached hydrogens (primary N) is 1. The lowest BCUT2D eigenvalue weighted by Gasteiger charge is -2.13. The first-order chi connectivity index (χ1) is 14.3. The molecule has 0 aliphatic carbocycles. The molecule has 6 heteroatoms. The van der Waals surface area contributed by atoms with Gasteiger partial charge in [0, 0.05) is 17.5 Å². The Morgan fingerprint density at radius 3 is 2.69 bits per heavy atom. The molecule has 2 N–H and O–H groups in total. The zero-order valence-electron chi connectivity index (χ0n) is 15.7. The summed E-state index contributed by atoms with van der Waals surface area (Å²) in [4.78, 5) is 4.42. The molecule has 3 aromatic heterocycles. The molecule has 5 rings (SSSR count). The van der Waals surface area contributed by atoms with Crippen molar-refractivity contribution in [2.24, 2.45) is 5.73 Å². The van der Waals surface area contributed by atoms with Crippen molar-refractivity contribution >= 4 is 16.6 Å². The highest BCUT2D eigenvalue weighted by atomic mass is 16.5. The summed E-state index contributed by atoms with van der Waals surface area (Å²) in [6.07, 6.45) is 2.50. The van der Waals surface area contributed by atoms with Crippen LogP contribution in [0.1, 0.15) is 5.56 Å². The minimum absolute atomic E-state index is 0.118. The third-order valence-electron chi connectivity index (χ3n) is 4.80. The molecule has 144 valence electrons. The van der Waals surface area contributed by atoms with Crippen LogP contribution in [0.15, 0.2) is 83.4 Å². The number of fused-ring (bicyclic) bond motifs is 2. The van der Waals surface area contributed by atoms with Crippen molar-refractivity contribution < 1.29 is 9.15 Å². The van der Waals surface area contributed by atoms with E-state index >= 15 is 0 Å². The smallest absolute Gasteiger partial charge is 0.231 e. The predicted octanol–water partition coefficient (Wildman–Crippen LogP) is 4.09. The van der Waals surface area contributed by atoms with Gasteiger partial charge in [-0.25, -0.2) is 9.50 Å². The molecular formula is C23H20N4O2. The Hall–Kier alpha value is -3.64. The van der Waals surface area contributed by atoms with Gasteiger partial charge in [0.2, 0.25) is 5.88 Å². The first-order valence-electron chi connectivity index (χ1n) is 9.52. The Bertz CT molecular complexity index is 1230. The maximum Gasteiger partial charge on any atom is 0.231 e. The fraction of sp³-hybridized carbons (Fsp3) is 0.130. The fourth-order valence-corrected chi connectivity index (χ4v) is 3.38. The standard InChI is InChI=1S/C23H20N4O2/c24-18(12-16-6-2-1-3-7-16)15-28-23-11-10-22-25-14-19(27(22)26-23)21-13-17-8-4-5-9-20(17)29-21/h1-11,13-14,18H,12,15,24H2/t18-/m0/s1. The third-order valence-corrected chi connectivity index (χ3v) is 4.80. The zero-order valence-corrected chi connectivity index (χ0v) is 15.7. The van der Waals surface area contributed by atoms with Crippen LogP contribution in [0, 0.1) is 0 Å². The lowest BCUT2D eigenvalue weighted by Crippen LogP contribution is -2.30. The van der Waals surface area contributed by atoms with Gasteiger partial charge in [-0.3, -0.25) is 0 Å². The van der Waals surface area contributed by atoms with Gasteiger partial charge in [0.25, 0.3) is 0 Å². The van der Waals surface area contributed by atoms with Crippen LogP contribution in [-0.4, -0.2) is 27.2 Å². The van der Waals surface area contributed by atoms with E-state index in [2.05, 4.69) is 22.2 Å². The van der Waals surface area contributed by atoms with Gasteiger partial charge in [0.05, 0.1) is 6.20 Å². The van der Waals surface area contributed by atoms with Gasteiger partial charge in [0.15, 0.2) is 11.4 Å². The number of benzene rings is 2. The SMILES string of the molecule is N[C@H](COc1ccc2ncc(-c3cc4ccccc4o3)n2n1)Cc1ccccc1. The molecule has 0 spiro atoms. The van der Waals surface area contributed by atoms with Crippen LogP contribution in [0.2, 0.25) is 0 Å². The summed E-state index contributed by atoms with van der Waals surface area (Å²) < 4.78 is 13.5. The Morgan fingerprint density at radius 1 is 1.00 bits per heavy atom. The molecule has 1 atom stereocenters. The average Bonchev–Trinajstić information content (AvgIpc) is 3.36. The number of rotatable bonds is 6. The van der Waals surface area contributed by atoms with Crippen molar-refractivity contribution in [3.8, 4) is 17.3 Å². The Morgan fingerprint density at radius 2 is 1.83 bits per heavy atom. The molecule has 3 heterocycles. The average molecular weight is 384 g/mol. The first kappa shape index (κ1) is 17.5. The fourth-order valence-electron chi connectivity index (χ4n) is 3.38. The number of ether oxygens (including phenoxy) is 1. The quantitative estimate of drug-likeness (QED) is 0.477. The first-order valence-corrected chi connectivity index (χ1v) is 9.52. The van der Waals surface area contributed by atoms with Gasteiger partial charge in [-0.15, -0.1) is 5.10 Å². The largest absolute Gasteiger partial charge is 0.475 e. The molecule has 2 aromatic carbocycles. The van der Waals surface area contributed by atoms with Crippen LogP contribution in [0.25, 0.3) is 28.1 Å². The molecule has 0 radical (unpaired) electrons. The lowest BCUT2D eigenvalue weighted by atomic mass is 10.1.